The fourth-order valence-electron chi connectivity index (χ4n) is 3.96. The van der Waals surface area contributed by atoms with Crippen LogP contribution >= 0.6 is 24.8 Å². The van der Waals surface area contributed by atoms with Crippen LogP contribution in [0.3, 0.4) is 0 Å². The van der Waals surface area contributed by atoms with Crippen LogP contribution in [0.15, 0.2) is 42.7 Å². The first-order valence-electron chi connectivity index (χ1n) is 9.90. The second kappa shape index (κ2) is 9.60. The number of carboxylic acid groups (broad SMARTS) is 1. The second-order valence-electron chi connectivity index (χ2n) is 7.33. The van der Waals surface area contributed by atoms with Gasteiger partial charge >= 0.3 is 5.97 Å². The highest BCUT2D eigenvalue weighted by Gasteiger charge is 2.29. The standard InChI is InChI=1S/C22H20N6O2.2ClH/c23-8-3-9-28-20(22(29)30)16-7-6-14-11-25-21(26-18(14)19(16)27-28)15-10-13-4-1-2-5-17(13)24-12-15;;/h1-2,4-5,10-12H,3,6-9,23H2,(H,29,30);2*1H. The predicted octanol–water partition coefficient (Wildman–Crippen LogP) is 3.54. The molecule has 0 bridgehead atoms. The molecule has 3 aromatic heterocycles. The summed E-state index contributed by atoms with van der Waals surface area (Å²) in [6.45, 7) is 0.939. The number of carboxylic acids is 1. The smallest absolute Gasteiger partial charge is 0.354 e. The van der Waals surface area contributed by atoms with E-state index in [2.05, 4.69) is 15.1 Å². The van der Waals surface area contributed by atoms with Gasteiger partial charge in [0.2, 0.25) is 0 Å². The first kappa shape index (κ1) is 23.6. The van der Waals surface area contributed by atoms with E-state index in [9.17, 15) is 9.90 Å². The number of nitrogens with zero attached hydrogens (tertiary/aromatic N) is 5. The monoisotopic (exact) mass is 472 g/mol. The van der Waals surface area contributed by atoms with Crippen molar-refractivity contribution in [3.63, 3.8) is 0 Å². The van der Waals surface area contributed by atoms with E-state index in [1.165, 1.54) is 0 Å². The third-order valence-corrected chi connectivity index (χ3v) is 5.41. The van der Waals surface area contributed by atoms with Crippen LogP contribution in [0.25, 0.3) is 33.7 Å². The molecule has 0 atom stereocenters. The number of para-hydroxylation sites is 1. The molecule has 0 amide bonds. The van der Waals surface area contributed by atoms with Crippen LogP contribution < -0.4 is 5.73 Å². The van der Waals surface area contributed by atoms with E-state index in [0.29, 0.717) is 49.6 Å². The zero-order chi connectivity index (χ0) is 20.7. The van der Waals surface area contributed by atoms with Gasteiger partial charge in [0, 0.05) is 35.5 Å². The molecular formula is C22H22Cl2N6O2. The number of benzene rings is 1. The lowest BCUT2D eigenvalue weighted by molar-refractivity contribution is 0.0681. The Labute approximate surface area is 196 Å². The number of rotatable bonds is 5. The maximum atomic E-state index is 11.9. The quantitative estimate of drug-likeness (QED) is 0.455. The van der Waals surface area contributed by atoms with Gasteiger partial charge in [-0.2, -0.15) is 5.10 Å². The number of pyridine rings is 1. The number of aryl methyl sites for hydroxylation is 2. The van der Waals surface area contributed by atoms with Crippen molar-refractivity contribution in [2.45, 2.75) is 25.8 Å². The molecule has 166 valence electrons. The van der Waals surface area contributed by atoms with Gasteiger partial charge in [0.15, 0.2) is 5.82 Å². The number of aromatic carboxylic acids is 1. The lowest BCUT2D eigenvalue weighted by Gasteiger charge is -2.15. The Kier molecular flexibility index (Phi) is 7.08. The Bertz CT molecular complexity index is 1290. The minimum atomic E-state index is -0.975. The van der Waals surface area contributed by atoms with Crippen molar-refractivity contribution >= 4 is 41.7 Å². The van der Waals surface area contributed by atoms with E-state index in [0.717, 1.165) is 27.6 Å². The molecule has 0 aliphatic heterocycles. The van der Waals surface area contributed by atoms with Gasteiger partial charge in [-0.3, -0.25) is 9.67 Å². The largest absolute Gasteiger partial charge is 0.477 e. The molecule has 0 unspecified atom stereocenters. The number of halogens is 2. The molecule has 0 spiro atoms. The van der Waals surface area contributed by atoms with Crippen molar-refractivity contribution < 1.29 is 9.90 Å². The predicted molar refractivity (Wildman–Crippen MR) is 127 cm³/mol. The van der Waals surface area contributed by atoms with Crippen LogP contribution in [0.1, 0.15) is 28.0 Å². The Hall–Kier alpha value is -3.07. The molecule has 10 heteroatoms. The van der Waals surface area contributed by atoms with Crippen molar-refractivity contribution in [1.82, 2.24) is 24.7 Å². The van der Waals surface area contributed by atoms with E-state index >= 15 is 0 Å². The number of carbonyl (C=O) groups is 1. The van der Waals surface area contributed by atoms with E-state index in [-0.39, 0.29) is 30.5 Å². The van der Waals surface area contributed by atoms with E-state index in [1.54, 1.807) is 10.9 Å². The molecule has 3 N–H and O–H groups in total. The average molecular weight is 473 g/mol. The van der Waals surface area contributed by atoms with Crippen LogP contribution in [0, 0.1) is 0 Å². The third kappa shape index (κ3) is 4.04. The van der Waals surface area contributed by atoms with Crippen molar-refractivity contribution in [2.24, 2.45) is 5.73 Å². The first-order valence-corrected chi connectivity index (χ1v) is 9.90. The minimum absolute atomic E-state index is 0. The number of hydrogen-bond donors (Lipinski definition) is 2. The van der Waals surface area contributed by atoms with Crippen molar-refractivity contribution in [2.75, 3.05) is 6.54 Å². The maximum Gasteiger partial charge on any atom is 0.354 e. The van der Waals surface area contributed by atoms with Gasteiger partial charge in [-0.25, -0.2) is 14.8 Å². The van der Waals surface area contributed by atoms with E-state index in [1.807, 2.05) is 36.5 Å². The summed E-state index contributed by atoms with van der Waals surface area (Å²) in [6, 6.07) is 9.89. The zero-order valence-electron chi connectivity index (χ0n) is 17.1. The molecule has 8 nitrogen and oxygen atoms in total. The topological polar surface area (TPSA) is 120 Å². The number of hydrogen-bond acceptors (Lipinski definition) is 6. The summed E-state index contributed by atoms with van der Waals surface area (Å²) in [5.41, 5.74) is 10.6. The van der Waals surface area contributed by atoms with Crippen LogP contribution in [-0.2, 0) is 19.4 Å². The Morgan fingerprint density at radius 2 is 1.91 bits per heavy atom. The van der Waals surface area contributed by atoms with Crippen LogP contribution in [-0.4, -0.2) is 42.4 Å². The average Bonchev–Trinajstić information content (AvgIpc) is 3.16. The Morgan fingerprint density at radius 3 is 2.69 bits per heavy atom. The summed E-state index contributed by atoms with van der Waals surface area (Å²) in [7, 11) is 0. The summed E-state index contributed by atoms with van der Waals surface area (Å²) in [4.78, 5) is 25.7. The summed E-state index contributed by atoms with van der Waals surface area (Å²) >= 11 is 0. The highest BCUT2D eigenvalue weighted by molar-refractivity contribution is 5.90. The lowest BCUT2D eigenvalue weighted by Crippen LogP contribution is -2.14. The molecule has 3 heterocycles. The molecule has 0 saturated carbocycles. The molecule has 1 aliphatic rings. The Morgan fingerprint density at radius 1 is 1.09 bits per heavy atom. The van der Waals surface area contributed by atoms with E-state index in [4.69, 9.17) is 10.7 Å². The first-order chi connectivity index (χ1) is 14.7. The van der Waals surface area contributed by atoms with Gasteiger partial charge in [-0.1, -0.05) is 18.2 Å². The van der Waals surface area contributed by atoms with Gasteiger partial charge in [0.1, 0.15) is 11.4 Å². The summed E-state index contributed by atoms with van der Waals surface area (Å²) in [6.07, 6.45) is 5.52. The normalized spacial score (nSPS) is 11.8. The molecule has 0 fully saturated rings. The van der Waals surface area contributed by atoms with Gasteiger partial charge < -0.3 is 10.8 Å². The highest BCUT2D eigenvalue weighted by Crippen LogP contribution is 2.34. The molecular weight excluding hydrogens is 451 g/mol. The molecule has 32 heavy (non-hydrogen) atoms. The van der Waals surface area contributed by atoms with Gasteiger partial charge in [-0.15, -0.1) is 24.8 Å². The summed E-state index contributed by atoms with van der Waals surface area (Å²) in [5.74, 6) is -0.425. The van der Waals surface area contributed by atoms with Crippen LogP contribution in [0.2, 0.25) is 0 Å². The molecule has 0 radical (unpaired) electrons. The molecule has 5 rings (SSSR count). The SMILES string of the molecule is Cl.Cl.NCCCn1nc2c(c1C(=O)O)CCc1cnc(-c3cnc4ccccc4c3)nc1-2. The fraction of sp³-hybridized carbons (Fsp3) is 0.227. The minimum Gasteiger partial charge on any atom is -0.477 e. The van der Waals surface area contributed by atoms with E-state index < -0.39 is 5.97 Å². The lowest BCUT2D eigenvalue weighted by atomic mass is 9.93. The zero-order valence-corrected chi connectivity index (χ0v) is 18.7. The molecule has 1 aromatic carbocycles. The third-order valence-electron chi connectivity index (χ3n) is 5.41. The number of nitrogens with two attached hydrogens (primary N) is 1. The Balaban J connectivity index is 0.00000144. The van der Waals surface area contributed by atoms with Crippen molar-refractivity contribution in [1.29, 1.82) is 0 Å². The number of fused-ring (bicyclic) bond motifs is 4. The fourth-order valence-corrected chi connectivity index (χ4v) is 3.96. The van der Waals surface area contributed by atoms with Gasteiger partial charge in [0.25, 0.3) is 0 Å². The maximum absolute atomic E-state index is 11.9. The summed E-state index contributed by atoms with van der Waals surface area (Å²) < 4.78 is 1.55. The molecule has 1 aliphatic carbocycles. The van der Waals surface area contributed by atoms with Crippen LogP contribution in [0.5, 0.6) is 0 Å². The van der Waals surface area contributed by atoms with Gasteiger partial charge in [0.05, 0.1) is 11.2 Å². The summed E-state index contributed by atoms with van der Waals surface area (Å²) in [5, 5.41) is 15.4. The molecule has 4 aromatic rings. The van der Waals surface area contributed by atoms with Crippen molar-refractivity contribution in [3.05, 3.63) is 59.5 Å². The number of aromatic nitrogens is 5. The van der Waals surface area contributed by atoms with Crippen molar-refractivity contribution in [3.8, 4) is 22.8 Å². The van der Waals surface area contributed by atoms with Gasteiger partial charge in [-0.05, 0) is 43.5 Å². The van der Waals surface area contributed by atoms with Crippen LogP contribution in [0.4, 0.5) is 0 Å². The second-order valence-corrected chi connectivity index (χ2v) is 7.33. The molecule has 0 saturated heterocycles. The highest BCUT2D eigenvalue weighted by atomic mass is 35.5.